The summed E-state index contributed by atoms with van der Waals surface area (Å²) in [5, 5.41) is 0. The Labute approximate surface area is 118 Å². The number of benzene rings is 1. The molecule has 4 heteroatoms. The fourth-order valence-corrected chi connectivity index (χ4v) is 2.13. The molecule has 1 N–H and O–H groups in total. The van der Waals surface area contributed by atoms with E-state index in [1.807, 2.05) is 52.0 Å². The van der Waals surface area contributed by atoms with E-state index in [-0.39, 0.29) is 6.10 Å². The maximum atomic E-state index is 5.82. The number of para-hydroxylation sites is 1. The second-order valence-corrected chi connectivity index (χ2v) is 5.20. The number of nitrogens with zero attached hydrogens (tertiary/aromatic N) is 1. The van der Waals surface area contributed by atoms with Crippen LogP contribution in [0, 0.1) is 18.5 Å². The second-order valence-electron chi connectivity index (χ2n) is 4.79. The molecule has 0 atom stereocenters. The molecule has 1 aromatic carbocycles. The van der Waals surface area contributed by atoms with Crippen LogP contribution in [-0.2, 0) is 0 Å². The number of hydrogen-bond acceptors (Lipinski definition) is 3. The van der Waals surface area contributed by atoms with Crippen LogP contribution in [0.2, 0.25) is 0 Å². The van der Waals surface area contributed by atoms with Crippen LogP contribution in [0.1, 0.15) is 25.2 Å². The Kier molecular flexibility index (Phi) is 4.00. The summed E-state index contributed by atoms with van der Waals surface area (Å²) in [5.41, 5.74) is 3.65. The van der Waals surface area contributed by atoms with Gasteiger partial charge in [-0.15, -0.1) is 0 Å². The summed E-state index contributed by atoms with van der Waals surface area (Å²) >= 11 is 5.38. The van der Waals surface area contributed by atoms with Gasteiger partial charge in [0.2, 0.25) is 0 Å². The average Bonchev–Trinajstić information content (AvgIpc) is 2.34. The largest absolute Gasteiger partial charge is 0.490 e. The van der Waals surface area contributed by atoms with E-state index in [0.717, 1.165) is 28.4 Å². The third-order valence-corrected chi connectivity index (χ3v) is 3.14. The van der Waals surface area contributed by atoms with Gasteiger partial charge in [-0.1, -0.05) is 24.4 Å². The van der Waals surface area contributed by atoms with Crippen LogP contribution in [0.5, 0.6) is 5.75 Å². The van der Waals surface area contributed by atoms with Crippen molar-refractivity contribution in [3.05, 3.63) is 40.3 Å². The minimum atomic E-state index is 0.116. The van der Waals surface area contributed by atoms with Gasteiger partial charge in [0.1, 0.15) is 16.1 Å². The molecule has 2 rings (SSSR count). The Morgan fingerprint density at radius 2 is 1.89 bits per heavy atom. The molecule has 1 heterocycles. The summed E-state index contributed by atoms with van der Waals surface area (Å²) in [4.78, 5) is 7.78. The van der Waals surface area contributed by atoms with E-state index < -0.39 is 0 Å². The van der Waals surface area contributed by atoms with E-state index in [1.165, 1.54) is 0 Å². The van der Waals surface area contributed by atoms with Gasteiger partial charge in [0.25, 0.3) is 0 Å². The Morgan fingerprint density at radius 3 is 2.58 bits per heavy atom. The summed E-state index contributed by atoms with van der Waals surface area (Å²) in [6.07, 6.45) is 0.116. The highest BCUT2D eigenvalue weighted by atomic mass is 32.1. The van der Waals surface area contributed by atoms with Crippen molar-refractivity contribution in [1.82, 2.24) is 9.97 Å². The molecule has 0 bridgehead atoms. The molecule has 0 spiro atoms. The van der Waals surface area contributed by atoms with Crippen molar-refractivity contribution in [3.8, 4) is 17.0 Å². The van der Waals surface area contributed by atoms with Crippen molar-refractivity contribution in [3.63, 3.8) is 0 Å². The normalized spacial score (nSPS) is 10.8. The fraction of sp³-hybridized carbons (Fsp3) is 0.333. The van der Waals surface area contributed by atoms with Crippen molar-refractivity contribution in [2.24, 2.45) is 0 Å². The quantitative estimate of drug-likeness (QED) is 0.852. The molecule has 0 aliphatic heterocycles. The highest BCUT2D eigenvalue weighted by molar-refractivity contribution is 7.71. The second kappa shape index (κ2) is 5.53. The lowest BCUT2D eigenvalue weighted by Gasteiger charge is -2.14. The van der Waals surface area contributed by atoms with Gasteiger partial charge in [-0.25, -0.2) is 4.98 Å². The van der Waals surface area contributed by atoms with Gasteiger partial charge in [-0.05, 0) is 39.8 Å². The predicted molar refractivity (Wildman–Crippen MR) is 80.1 cm³/mol. The molecule has 0 radical (unpaired) electrons. The van der Waals surface area contributed by atoms with Gasteiger partial charge in [-0.2, -0.15) is 0 Å². The predicted octanol–water partition coefficient (Wildman–Crippen LogP) is 4.21. The molecule has 100 valence electrons. The molecule has 0 aliphatic carbocycles. The molecule has 0 amide bonds. The van der Waals surface area contributed by atoms with E-state index in [2.05, 4.69) is 9.97 Å². The average molecular weight is 274 g/mol. The number of aryl methyl sites for hydroxylation is 2. The maximum Gasteiger partial charge on any atom is 0.130 e. The topological polar surface area (TPSA) is 37.9 Å². The van der Waals surface area contributed by atoms with Gasteiger partial charge in [0.05, 0.1) is 11.8 Å². The van der Waals surface area contributed by atoms with Gasteiger partial charge in [-0.3, -0.25) is 0 Å². The highest BCUT2D eigenvalue weighted by Gasteiger charge is 2.11. The lowest BCUT2D eigenvalue weighted by atomic mass is 10.1. The van der Waals surface area contributed by atoms with Gasteiger partial charge in [0.15, 0.2) is 0 Å². The third kappa shape index (κ3) is 3.01. The molecule has 0 unspecified atom stereocenters. The molecule has 1 aromatic heterocycles. The highest BCUT2D eigenvalue weighted by Crippen LogP contribution is 2.30. The lowest BCUT2D eigenvalue weighted by Crippen LogP contribution is -2.07. The number of hydrogen-bond donors (Lipinski definition) is 1. The number of aromatic amines is 1. The zero-order valence-electron chi connectivity index (χ0n) is 11.7. The summed E-state index contributed by atoms with van der Waals surface area (Å²) in [5.74, 6) is 0.813. The summed E-state index contributed by atoms with van der Waals surface area (Å²) in [6, 6.07) is 7.85. The molecule has 0 saturated heterocycles. The van der Waals surface area contributed by atoms with E-state index in [0.29, 0.717) is 4.64 Å². The Morgan fingerprint density at radius 1 is 1.21 bits per heavy atom. The molecular weight excluding hydrogens is 256 g/mol. The fourth-order valence-electron chi connectivity index (χ4n) is 1.82. The van der Waals surface area contributed by atoms with Crippen molar-refractivity contribution in [2.45, 2.75) is 33.8 Å². The first kappa shape index (κ1) is 13.7. The zero-order valence-corrected chi connectivity index (χ0v) is 12.5. The smallest absolute Gasteiger partial charge is 0.130 e. The Bertz CT molecular complexity index is 647. The molecule has 0 fully saturated rings. The minimum Gasteiger partial charge on any atom is -0.490 e. The molecule has 2 aromatic rings. The van der Waals surface area contributed by atoms with E-state index >= 15 is 0 Å². The maximum absolute atomic E-state index is 5.82. The van der Waals surface area contributed by atoms with Gasteiger partial charge >= 0.3 is 0 Å². The first-order valence-corrected chi connectivity index (χ1v) is 6.73. The Hall–Kier alpha value is -1.68. The van der Waals surface area contributed by atoms with Crippen molar-refractivity contribution in [1.29, 1.82) is 0 Å². The first-order chi connectivity index (χ1) is 8.99. The van der Waals surface area contributed by atoms with E-state index in [4.69, 9.17) is 17.0 Å². The SMILES string of the molecule is Cc1nc(-c2ccccc2OC(C)C)c(=S)[nH]c1C. The number of H-pyrrole nitrogens is 1. The number of aromatic nitrogens is 2. The van der Waals surface area contributed by atoms with Gasteiger partial charge < -0.3 is 9.72 Å². The van der Waals surface area contributed by atoms with Crippen LogP contribution in [-0.4, -0.2) is 16.1 Å². The van der Waals surface area contributed by atoms with Crippen LogP contribution >= 0.6 is 12.2 Å². The molecule has 19 heavy (non-hydrogen) atoms. The van der Waals surface area contributed by atoms with Crippen molar-refractivity contribution >= 4 is 12.2 Å². The molecule has 0 saturated carbocycles. The first-order valence-electron chi connectivity index (χ1n) is 6.32. The summed E-state index contributed by atoms with van der Waals surface area (Å²) in [7, 11) is 0. The lowest BCUT2D eigenvalue weighted by molar-refractivity contribution is 0.243. The zero-order chi connectivity index (χ0) is 14.0. The molecule has 0 aliphatic rings. The van der Waals surface area contributed by atoms with Crippen LogP contribution in [0.15, 0.2) is 24.3 Å². The van der Waals surface area contributed by atoms with Crippen LogP contribution in [0.3, 0.4) is 0 Å². The van der Waals surface area contributed by atoms with Gasteiger partial charge in [0, 0.05) is 11.3 Å². The van der Waals surface area contributed by atoms with E-state index in [1.54, 1.807) is 0 Å². The number of rotatable bonds is 3. The summed E-state index contributed by atoms with van der Waals surface area (Å²) < 4.78 is 6.47. The van der Waals surface area contributed by atoms with E-state index in [9.17, 15) is 0 Å². The number of nitrogens with one attached hydrogen (secondary N) is 1. The monoisotopic (exact) mass is 274 g/mol. The van der Waals surface area contributed by atoms with Crippen molar-refractivity contribution < 1.29 is 4.74 Å². The minimum absolute atomic E-state index is 0.116. The third-order valence-electron chi connectivity index (χ3n) is 2.84. The van der Waals surface area contributed by atoms with Crippen LogP contribution in [0.25, 0.3) is 11.3 Å². The molecule has 3 nitrogen and oxygen atoms in total. The van der Waals surface area contributed by atoms with Crippen molar-refractivity contribution in [2.75, 3.05) is 0 Å². The summed E-state index contributed by atoms with van der Waals surface area (Å²) in [6.45, 7) is 7.95. The Balaban J connectivity index is 2.59. The van der Waals surface area contributed by atoms with Crippen LogP contribution < -0.4 is 4.74 Å². The number of ether oxygens (including phenoxy) is 1. The standard InChI is InChI=1S/C15H18N2OS/c1-9(2)18-13-8-6-5-7-12(13)14-15(19)17-11(4)10(3)16-14/h5-9H,1-4H3,(H,17,19). The molecular formula is C15H18N2OS. The van der Waals surface area contributed by atoms with Crippen LogP contribution in [0.4, 0.5) is 0 Å².